The molecule has 2 aliphatic heterocycles. The molecule has 0 saturated carbocycles. The van der Waals surface area contributed by atoms with Crippen molar-refractivity contribution in [2.75, 3.05) is 26.3 Å². The maximum Gasteiger partial charge on any atom is 0.251 e. The number of likely N-dealkylation sites (tertiary alicyclic amines) is 1. The van der Waals surface area contributed by atoms with E-state index in [0.29, 0.717) is 12.2 Å². The molecule has 35 heavy (non-hydrogen) atoms. The second-order valence-electron chi connectivity index (χ2n) is 10.2. The number of benzene rings is 2. The third-order valence-electron chi connectivity index (χ3n) is 7.59. The quantitative estimate of drug-likeness (QED) is 0.650. The van der Waals surface area contributed by atoms with Gasteiger partial charge in [0.25, 0.3) is 5.91 Å². The first-order valence-electron chi connectivity index (χ1n) is 13.0. The van der Waals surface area contributed by atoms with Gasteiger partial charge >= 0.3 is 0 Å². The van der Waals surface area contributed by atoms with E-state index in [9.17, 15) is 4.79 Å². The van der Waals surface area contributed by atoms with Crippen LogP contribution in [0.25, 0.3) is 0 Å². The van der Waals surface area contributed by atoms with Crippen molar-refractivity contribution in [2.24, 2.45) is 5.92 Å². The van der Waals surface area contributed by atoms with E-state index in [1.54, 1.807) is 0 Å². The zero-order chi connectivity index (χ0) is 24.0. The number of ether oxygens (including phenoxy) is 2. The number of nitrogens with zero attached hydrogens (tertiary/aromatic N) is 2. The van der Waals surface area contributed by atoms with E-state index < -0.39 is 0 Å². The zero-order valence-corrected chi connectivity index (χ0v) is 20.4. The average Bonchev–Trinajstić information content (AvgIpc) is 3.42. The molecule has 0 bridgehead atoms. The van der Waals surface area contributed by atoms with Crippen LogP contribution in [0.4, 0.5) is 0 Å². The summed E-state index contributed by atoms with van der Waals surface area (Å²) < 4.78 is 11.4. The molecule has 2 aromatic rings. The van der Waals surface area contributed by atoms with E-state index >= 15 is 0 Å². The SMILES string of the molecule is N#CC1CCN(Cc2ccc3c(c2)CC[C@H](NC(=O)c2ccc(OC[C@@H]4CCCO4)cc2)C3)CC1. The monoisotopic (exact) mass is 473 g/mol. The molecule has 0 unspecified atom stereocenters. The summed E-state index contributed by atoms with van der Waals surface area (Å²) in [4.78, 5) is 15.3. The molecule has 0 radical (unpaired) electrons. The van der Waals surface area contributed by atoms with Crippen LogP contribution in [-0.4, -0.2) is 49.3 Å². The highest BCUT2D eigenvalue weighted by Gasteiger charge is 2.23. The van der Waals surface area contributed by atoms with Gasteiger partial charge in [-0.25, -0.2) is 0 Å². The topological polar surface area (TPSA) is 74.6 Å². The molecule has 2 atom stereocenters. The predicted octanol–water partition coefficient (Wildman–Crippen LogP) is 4.27. The molecule has 3 aliphatic rings. The molecule has 2 fully saturated rings. The molecule has 184 valence electrons. The van der Waals surface area contributed by atoms with Crippen molar-refractivity contribution in [2.45, 2.75) is 63.6 Å². The molecular weight excluding hydrogens is 438 g/mol. The van der Waals surface area contributed by atoms with Gasteiger partial charge in [0.2, 0.25) is 0 Å². The number of hydrogen-bond acceptors (Lipinski definition) is 5. The second kappa shape index (κ2) is 11.2. The van der Waals surface area contributed by atoms with E-state index in [0.717, 1.165) is 76.9 Å². The van der Waals surface area contributed by atoms with Crippen LogP contribution in [-0.2, 0) is 24.1 Å². The third-order valence-corrected chi connectivity index (χ3v) is 7.59. The molecule has 1 amide bonds. The average molecular weight is 474 g/mol. The first-order chi connectivity index (χ1) is 17.2. The molecule has 2 saturated heterocycles. The summed E-state index contributed by atoms with van der Waals surface area (Å²) in [6.45, 7) is 4.35. The number of aryl methyl sites for hydroxylation is 1. The zero-order valence-electron chi connectivity index (χ0n) is 20.4. The van der Waals surface area contributed by atoms with Crippen LogP contribution in [0.2, 0.25) is 0 Å². The lowest BCUT2D eigenvalue weighted by Gasteiger charge is -2.30. The number of rotatable bonds is 7. The Morgan fingerprint density at radius 2 is 1.91 bits per heavy atom. The van der Waals surface area contributed by atoms with Crippen LogP contribution < -0.4 is 10.1 Å². The molecule has 2 heterocycles. The molecule has 6 nitrogen and oxygen atoms in total. The fourth-order valence-corrected chi connectivity index (χ4v) is 5.44. The van der Waals surface area contributed by atoms with Crippen molar-refractivity contribution < 1.29 is 14.3 Å². The van der Waals surface area contributed by atoms with Crippen LogP contribution in [0.15, 0.2) is 42.5 Å². The highest BCUT2D eigenvalue weighted by molar-refractivity contribution is 5.94. The minimum atomic E-state index is -0.0264. The van der Waals surface area contributed by atoms with Gasteiger partial charge in [0.05, 0.1) is 12.2 Å². The number of carbonyl (C=O) groups is 1. The van der Waals surface area contributed by atoms with Gasteiger partial charge < -0.3 is 14.8 Å². The van der Waals surface area contributed by atoms with E-state index in [1.807, 2.05) is 24.3 Å². The number of carbonyl (C=O) groups excluding carboxylic acids is 1. The number of piperidine rings is 1. The molecule has 5 rings (SSSR count). The third kappa shape index (κ3) is 6.22. The molecule has 2 aromatic carbocycles. The number of nitrogens with one attached hydrogen (secondary N) is 1. The molecule has 0 aromatic heterocycles. The minimum Gasteiger partial charge on any atom is -0.491 e. The fourth-order valence-electron chi connectivity index (χ4n) is 5.44. The van der Waals surface area contributed by atoms with Crippen molar-refractivity contribution in [1.82, 2.24) is 10.2 Å². The standard InChI is InChI=1S/C29H35N3O3/c30-18-21-11-13-32(14-12-21)19-22-3-4-25-17-26(8-5-24(25)16-22)31-29(33)23-6-9-27(10-7-23)35-20-28-2-1-15-34-28/h3-4,6-7,9-10,16,21,26,28H,1-2,5,8,11-15,17,19-20H2,(H,31,33)/t26-,28-/m0/s1. The Balaban J connectivity index is 1.10. The normalized spacial score (nSPS) is 22.8. The van der Waals surface area contributed by atoms with Gasteiger partial charge in [-0.15, -0.1) is 0 Å². The van der Waals surface area contributed by atoms with E-state index in [4.69, 9.17) is 14.7 Å². The van der Waals surface area contributed by atoms with E-state index in [2.05, 4.69) is 34.5 Å². The first kappa shape index (κ1) is 23.8. The summed E-state index contributed by atoms with van der Waals surface area (Å²) >= 11 is 0. The van der Waals surface area contributed by atoms with Crippen molar-refractivity contribution in [3.63, 3.8) is 0 Å². The van der Waals surface area contributed by atoms with Gasteiger partial charge in [-0.05, 0) is 99.0 Å². The van der Waals surface area contributed by atoms with Crippen molar-refractivity contribution >= 4 is 5.91 Å². The lowest BCUT2D eigenvalue weighted by molar-refractivity contribution is 0.0679. The lowest BCUT2D eigenvalue weighted by atomic mass is 9.87. The van der Waals surface area contributed by atoms with Gasteiger partial charge in [-0.3, -0.25) is 9.69 Å². The Morgan fingerprint density at radius 3 is 2.66 bits per heavy atom. The summed E-state index contributed by atoms with van der Waals surface area (Å²) in [6, 6.07) is 16.8. The Bertz CT molecular complexity index is 1050. The molecule has 1 N–H and O–H groups in total. The lowest BCUT2D eigenvalue weighted by Crippen LogP contribution is -2.39. The number of hydrogen-bond donors (Lipinski definition) is 1. The van der Waals surface area contributed by atoms with Crippen molar-refractivity contribution in [1.29, 1.82) is 5.26 Å². The van der Waals surface area contributed by atoms with Crippen molar-refractivity contribution in [3.05, 3.63) is 64.7 Å². The number of nitriles is 1. The van der Waals surface area contributed by atoms with E-state index in [-0.39, 0.29) is 24.0 Å². The van der Waals surface area contributed by atoms with Gasteiger partial charge in [0.1, 0.15) is 12.4 Å². The summed E-state index contributed by atoms with van der Waals surface area (Å²) in [7, 11) is 0. The number of amides is 1. The molecule has 1 aliphatic carbocycles. The van der Waals surface area contributed by atoms with E-state index in [1.165, 1.54) is 16.7 Å². The Labute approximate surface area is 208 Å². The molecule has 0 spiro atoms. The largest absolute Gasteiger partial charge is 0.491 e. The van der Waals surface area contributed by atoms with Gasteiger partial charge in [-0.2, -0.15) is 5.26 Å². The van der Waals surface area contributed by atoms with Crippen LogP contribution >= 0.6 is 0 Å². The van der Waals surface area contributed by atoms with Crippen LogP contribution in [0.3, 0.4) is 0 Å². The predicted molar refractivity (Wildman–Crippen MR) is 134 cm³/mol. The summed E-state index contributed by atoms with van der Waals surface area (Å²) in [6.07, 6.45) is 7.11. The van der Waals surface area contributed by atoms with Crippen LogP contribution in [0.1, 0.15) is 59.2 Å². The summed E-state index contributed by atoms with van der Waals surface area (Å²) in [5.41, 5.74) is 4.76. The minimum absolute atomic E-state index is 0.0264. The van der Waals surface area contributed by atoms with Gasteiger partial charge in [0, 0.05) is 30.7 Å². The number of fused-ring (bicyclic) bond motifs is 1. The first-order valence-corrected chi connectivity index (χ1v) is 13.0. The Hall–Kier alpha value is -2.88. The van der Waals surface area contributed by atoms with Crippen LogP contribution in [0.5, 0.6) is 5.75 Å². The van der Waals surface area contributed by atoms with Crippen molar-refractivity contribution in [3.8, 4) is 11.8 Å². The maximum atomic E-state index is 12.8. The van der Waals surface area contributed by atoms with Crippen LogP contribution in [0, 0.1) is 17.2 Å². The highest BCUT2D eigenvalue weighted by atomic mass is 16.5. The molecule has 6 heteroatoms. The summed E-state index contributed by atoms with van der Waals surface area (Å²) in [5.74, 6) is 0.972. The Morgan fingerprint density at radius 1 is 1.09 bits per heavy atom. The summed E-state index contributed by atoms with van der Waals surface area (Å²) in [5, 5.41) is 12.3. The van der Waals surface area contributed by atoms with Gasteiger partial charge in [0.15, 0.2) is 0 Å². The maximum absolute atomic E-state index is 12.8. The second-order valence-corrected chi connectivity index (χ2v) is 10.2. The molecular formula is C29H35N3O3. The highest BCUT2D eigenvalue weighted by Crippen LogP contribution is 2.25. The smallest absolute Gasteiger partial charge is 0.251 e. The Kier molecular flexibility index (Phi) is 7.66. The van der Waals surface area contributed by atoms with Gasteiger partial charge in [-0.1, -0.05) is 18.2 Å². The fraction of sp³-hybridized carbons (Fsp3) is 0.517.